The van der Waals surface area contributed by atoms with Crippen LogP contribution in [0.5, 0.6) is 0 Å². The number of anilines is 1. The Kier molecular flexibility index (Phi) is 5.55. The number of aromatic nitrogens is 2. The summed E-state index contributed by atoms with van der Waals surface area (Å²) in [5.74, 6) is 0. The molecule has 0 aromatic carbocycles. The molecule has 0 amide bonds. The SMILES string of the molecule is CCCn1ncc(N(C)CC(C)(C)CN)c(Br)c1=O. The number of rotatable bonds is 6. The van der Waals surface area contributed by atoms with E-state index < -0.39 is 0 Å². The molecule has 0 fully saturated rings. The molecule has 0 aliphatic heterocycles. The van der Waals surface area contributed by atoms with Gasteiger partial charge >= 0.3 is 0 Å². The fourth-order valence-corrected chi connectivity index (χ4v) is 2.50. The Morgan fingerprint density at radius 2 is 2.16 bits per heavy atom. The standard InChI is InChI=1S/C13H23BrN4O/c1-5-6-18-12(19)11(14)10(7-16-18)17(4)9-13(2,3)8-15/h7H,5-6,8-9,15H2,1-4H3. The summed E-state index contributed by atoms with van der Waals surface area (Å²) < 4.78 is 2.04. The van der Waals surface area contributed by atoms with Gasteiger partial charge in [0.2, 0.25) is 0 Å². The Balaban J connectivity index is 3.02. The lowest BCUT2D eigenvalue weighted by Crippen LogP contribution is -2.38. The molecule has 0 radical (unpaired) electrons. The average Bonchev–Trinajstić information content (AvgIpc) is 2.34. The van der Waals surface area contributed by atoms with Gasteiger partial charge in [-0.3, -0.25) is 4.79 Å². The quantitative estimate of drug-likeness (QED) is 0.864. The van der Waals surface area contributed by atoms with Crippen molar-refractivity contribution >= 4 is 21.6 Å². The highest BCUT2D eigenvalue weighted by molar-refractivity contribution is 9.10. The summed E-state index contributed by atoms with van der Waals surface area (Å²) in [6.45, 7) is 8.21. The molecule has 2 N–H and O–H groups in total. The van der Waals surface area contributed by atoms with Gasteiger partial charge in [0, 0.05) is 20.1 Å². The first-order valence-electron chi connectivity index (χ1n) is 6.49. The maximum atomic E-state index is 12.1. The van der Waals surface area contributed by atoms with Crippen molar-refractivity contribution in [2.45, 2.75) is 33.7 Å². The number of nitrogens with two attached hydrogens (primary N) is 1. The van der Waals surface area contributed by atoms with Crippen molar-refractivity contribution in [3.05, 3.63) is 21.0 Å². The minimum absolute atomic E-state index is 0.00747. The van der Waals surface area contributed by atoms with Crippen LogP contribution in [0.4, 0.5) is 5.69 Å². The number of hydrogen-bond acceptors (Lipinski definition) is 4. The Bertz CT molecular complexity index is 484. The Hall–Kier alpha value is -0.880. The highest BCUT2D eigenvalue weighted by Crippen LogP contribution is 2.24. The molecule has 6 heteroatoms. The lowest BCUT2D eigenvalue weighted by molar-refractivity contribution is 0.384. The van der Waals surface area contributed by atoms with E-state index in [0.29, 0.717) is 17.6 Å². The monoisotopic (exact) mass is 330 g/mol. The molecule has 1 aromatic heterocycles. The van der Waals surface area contributed by atoms with Crippen LogP contribution in [0.3, 0.4) is 0 Å². The van der Waals surface area contributed by atoms with Gasteiger partial charge in [-0.1, -0.05) is 20.8 Å². The van der Waals surface area contributed by atoms with Crippen LogP contribution in [0.2, 0.25) is 0 Å². The highest BCUT2D eigenvalue weighted by Gasteiger charge is 2.21. The van der Waals surface area contributed by atoms with E-state index in [-0.39, 0.29) is 11.0 Å². The van der Waals surface area contributed by atoms with Gasteiger partial charge in [-0.15, -0.1) is 0 Å². The van der Waals surface area contributed by atoms with Gasteiger partial charge in [-0.05, 0) is 34.3 Å². The molecule has 0 aliphatic carbocycles. The second-order valence-electron chi connectivity index (χ2n) is 5.60. The molecule has 108 valence electrons. The third-order valence-electron chi connectivity index (χ3n) is 3.03. The predicted molar refractivity (Wildman–Crippen MR) is 82.6 cm³/mol. The molecule has 0 atom stereocenters. The van der Waals surface area contributed by atoms with Crippen molar-refractivity contribution in [1.29, 1.82) is 0 Å². The van der Waals surface area contributed by atoms with Crippen molar-refractivity contribution in [3.8, 4) is 0 Å². The Morgan fingerprint density at radius 1 is 1.53 bits per heavy atom. The average molecular weight is 331 g/mol. The van der Waals surface area contributed by atoms with Crippen LogP contribution in [0.1, 0.15) is 27.2 Å². The molecule has 1 rings (SSSR count). The predicted octanol–water partition coefficient (Wildman–Crippen LogP) is 1.84. The van der Waals surface area contributed by atoms with Gasteiger partial charge in [0.25, 0.3) is 5.56 Å². The molecule has 0 spiro atoms. The maximum Gasteiger partial charge on any atom is 0.283 e. The lowest BCUT2D eigenvalue weighted by atomic mass is 9.93. The fraction of sp³-hybridized carbons (Fsp3) is 0.692. The van der Waals surface area contributed by atoms with Crippen molar-refractivity contribution in [3.63, 3.8) is 0 Å². The summed E-state index contributed by atoms with van der Waals surface area (Å²) in [7, 11) is 1.95. The maximum absolute atomic E-state index is 12.1. The van der Waals surface area contributed by atoms with Crippen LogP contribution in [0.15, 0.2) is 15.5 Å². The van der Waals surface area contributed by atoms with Gasteiger partial charge < -0.3 is 10.6 Å². The number of nitrogens with zero attached hydrogens (tertiary/aromatic N) is 3. The number of hydrogen-bond donors (Lipinski definition) is 1. The zero-order chi connectivity index (χ0) is 14.6. The lowest BCUT2D eigenvalue weighted by Gasteiger charge is -2.30. The van der Waals surface area contributed by atoms with E-state index in [9.17, 15) is 4.79 Å². The minimum atomic E-state index is -0.0863. The number of halogens is 1. The molecule has 0 aliphatic rings. The van der Waals surface area contributed by atoms with Gasteiger partial charge in [-0.2, -0.15) is 5.10 Å². The molecule has 0 saturated heterocycles. The van der Waals surface area contributed by atoms with Crippen LogP contribution in [-0.2, 0) is 6.54 Å². The smallest absolute Gasteiger partial charge is 0.283 e. The largest absolute Gasteiger partial charge is 0.372 e. The molecule has 5 nitrogen and oxygen atoms in total. The Morgan fingerprint density at radius 3 is 2.68 bits per heavy atom. The third-order valence-corrected chi connectivity index (χ3v) is 3.78. The first kappa shape index (κ1) is 16.2. The molecule has 0 unspecified atom stereocenters. The van der Waals surface area contributed by atoms with Crippen molar-refractivity contribution in [1.82, 2.24) is 9.78 Å². The van der Waals surface area contributed by atoms with E-state index in [1.54, 1.807) is 6.20 Å². The Labute approximate surface area is 122 Å². The van der Waals surface area contributed by atoms with Crippen LogP contribution in [0, 0.1) is 5.41 Å². The molecule has 1 heterocycles. The first-order valence-corrected chi connectivity index (χ1v) is 7.28. The molecular formula is C13H23BrN4O. The van der Waals surface area contributed by atoms with E-state index in [1.807, 2.05) is 18.9 Å². The summed E-state index contributed by atoms with van der Waals surface area (Å²) in [5, 5.41) is 4.21. The molecular weight excluding hydrogens is 308 g/mol. The third kappa shape index (κ3) is 4.04. The topological polar surface area (TPSA) is 64.2 Å². The second-order valence-corrected chi connectivity index (χ2v) is 6.39. The van der Waals surface area contributed by atoms with Gasteiger partial charge in [-0.25, -0.2) is 4.68 Å². The van der Waals surface area contributed by atoms with E-state index in [1.165, 1.54) is 4.68 Å². The van der Waals surface area contributed by atoms with Crippen LogP contribution in [-0.4, -0.2) is 29.9 Å². The molecule has 19 heavy (non-hydrogen) atoms. The number of aryl methyl sites for hydroxylation is 1. The van der Waals surface area contributed by atoms with Crippen molar-refractivity contribution in [2.24, 2.45) is 11.1 Å². The van der Waals surface area contributed by atoms with Crippen LogP contribution >= 0.6 is 15.9 Å². The van der Waals surface area contributed by atoms with Gasteiger partial charge in [0.05, 0.1) is 11.9 Å². The zero-order valence-electron chi connectivity index (χ0n) is 12.1. The zero-order valence-corrected chi connectivity index (χ0v) is 13.7. The molecule has 1 aromatic rings. The van der Waals surface area contributed by atoms with Gasteiger partial charge in [0.1, 0.15) is 4.47 Å². The van der Waals surface area contributed by atoms with E-state index in [2.05, 4.69) is 34.9 Å². The fourth-order valence-electron chi connectivity index (χ4n) is 1.89. The van der Waals surface area contributed by atoms with Crippen LogP contribution < -0.4 is 16.2 Å². The summed E-state index contributed by atoms with van der Waals surface area (Å²) in [4.78, 5) is 14.1. The normalized spacial score (nSPS) is 11.7. The summed E-state index contributed by atoms with van der Waals surface area (Å²) in [6, 6.07) is 0. The highest BCUT2D eigenvalue weighted by atomic mass is 79.9. The van der Waals surface area contributed by atoms with Crippen molar-refractivity contribution in [2.75, 3.05) is 25.0 Å². The van der Waals surface area contributed by atoms with Gasteiger partial charge in [0.15, 0.2) is 0 Å². The summed E-state index contributed by atoms with van der Waals surface area (Å²) in [6.07, 6.45) is 2.61. The summed E-state index contributed by atoms with van der Waals surface area (Å²) >= 11 is 3.38. The van der Waals surface area contributed by atoms with Crippen molar-refractivity contribution < 1.29 is 0 Å². The van der Waals surface area contributed by atoms with Crippen LogP contribution in [0.25, 0.3) is 0 Å². The minimum Gasteiger partial charge on any atom is -0.372 e. The summed E-state index contributed by atoms with van der Waals surface area (Å²) in [5.41, 5.74) is 6.46. The van der Waals surface area contributed by atoms with E-state index in [0.717, 1.165) is 18.7 Å². The first-order chi connectivity index (χ1) is 8.82. The second kappa shape index (κ2) is 6.52. The van der Waals surface area contributed by atoms with E-state index in [4.69, 9.17) is 5.73 Å². The molecule has 0 saturated carbocycles. The molecule has 0 bridgehead atoms. The van der Waals surface area contributed by atoms with E-state index >= 15 is 0 Å².